The van der Waals surface area contributed by atoms with Gasteiger partial charge in [0.25, 0.3) is 5.56 Å². The lowest BCUT2D eigenvalue weighted by atomic mass is 9.45. The van der Waals surface area contributed by atoms with E-state index in [-0.39, 0.29) is 47.2 Å². The van der Waals surface area contributed by atoms with Crippen LogP contribution in [-0.4, -0.2) is 46.3 Å². The molecule has 2 aliphatic heterocycles. The van der Waals surface area contributed by atoms with Crippen LogP contribution in [0.1, 0.15) is 83.3 Å². The monoisotopic (exact) mass is 738 g/mol. The predicted octanol–water partition coefficient (Wildman–Crippen LogP) is 6.16. The summed E-state index contributed by atoms with van der Waals surface area (Å²) in [6.07, 6.45) is -1.10. The molecule has 7 atom stereocenters. The summed E-state index contributed by atoms with van der Waals surface area (Å²) in [6.45, 7) is 9.99. The third-order valence-corrected chi connectivity index (χ3v) is 11.8. The number of aromatic nitrogens is 2. The van der Waals surface area contributed by atoms with Gasteiger partial charge in [-0.3, -0.25) is 14.2 Å². The van der Waals surface area contributed by atoms with Gasteiger partial charge in [-0.25, -0.2) is 14.2 Å². The van der Waals surface area contributed by atoms with Crippen LogP contribution in [0.15, 0.2) is 59.5 Å². The number of carbonyl (C=O) groups excluding carboxylic acids is 2. The molecular weight excluding hydrogens is 695 g/mol. The normalized spacial score (nSPS) is 28.7. The number of urea groups is 1. The zero-order valence-corrected chi connectivity index (χ0v) is 30.1. The molecule has 1 aromatic heterocycles. The summed E-state index contributed by atoms with van der Waals surface area (Å²) >= 11 is 0. The Kier molecular flexibility index (Phi) is 9.16. The molecule has 2 aromatic carbocycles. The van der Waals surface area contributed by atoms with E-state index < -0.39 is 65.3 Å². The van der Waals surface area contributed by atoms with Gasteiger partial charge in [0.2, 0.25) is 5.91 Å². The Bertz CT molecular complexity index is 2000. The molecule has 4 fully saturated rings. The number of hydrogen-bond donors (Lipinski definition) is 4. The average Bonchev–Trinajstić information content (AvgIpc) is 3.60. The maximum absolute atomic E-state index is 14.3. The van der Waals surface area contributed by atoms with Crippen molar-refractivity contribution >= 4 is 30.4 Å². The summed E-state index contributed by atoms with van der Waals surface area (Å²) in [5.74, 6) is -0.683. The highest BCUT2D eigenvalue weighted by Crippen LogP contribution is 2.64. The van der Waals surface area contributed by atoms with Crippen molar-refractivity contribution in [2.75, 3.05) is 10.6 Å². The second-order valence-corrected chi connectivity index (χ2v) is 15.8. The smallest absolute Gasteiger partial charge is 0.404 e. The maximum Gasteiger partial charge on any atom is 0.481 e. The minimum absolute atomic E-state index is 0.0504. The van der Waals surface area contributed by atoms with Crippen molar-refractivity contribution < 1.29 is 36.5 Å². The molecule has 0 radical (unpaired) electrons. The van der Waals surface area contributed by atoms with E-state index in [0.717, 1.165) is 31.0 Å². The van der Waals surface area contributed by atoms with Crippen molar-refractivity contribution in [2.45, 2.75) is 102 Å². The number of alkyl halides is 3. The quantitative estimate of drug-likeness (QED) is 0.153. The van der Waals surface area contributed by atoms with E-state index in [0.29, 0.717) is 18.3 Å². The summed E-state index contributed by atoms with van der Waals surface area (Å²) in [6, 6.07) is 8.17. The molecule has 2 unspecified atom stereocenters. The number of nitrogens with one attached hydrogen (secondary N) is 4. The van der Waals surface area contributed by atoms with Crippen molar-refractivity contribution in [1.82, 2.24) is 20.2 Å². The van der Waals surface area contributed by atoms with Gasteiger partial charge in [0.15, 0.2) is 0 Å². The van der Waals surface area contributed by atoms with E-state index in [4.69, 9.17) is 9.31 Å². The first-order valence-electron chi connectivity index (χ1n) is 17.9. The summed E-state index contributed by atoms with van der Waals surface area (Å²) in [5, 5.41) is 11.3. The summed E-state index contributed by atoms with van der Waals surface area (Å²) in [4.78, 5) is 46.1. The Morgan fingerprint density at radius 2 is 1.85 bits per heavy atom. The second kappa shape index (κ2) is 13.1. The summed E-state index contributed by atoms with van der Waals surface area (Å²) < 4.78 is 68.2. The van der Waals surface area contributed by atoms with Crippen LogP contribution >= 0.6 is 0 Å². The molecule has 3 aromatic rings. The van der Waals surface area contributed by atoms with E-state index in [1.54, 1.807) is 6.92 Å². The van der Waals surface area contributed by atoms with E-state index in [1.165, 1.54) is 41.1 Å². The Balaban J connectivity index is 1.15. The third kappa shape index (κ3) is 6.68. The molecule has 2 bridgehead atoms. The molecular formula is C37H43BF4N6O5. The van der Waals surface area contributed by atoms with Crippen LogP contribution in [-0.2, 0) is 32.4 Å². The lowest BCUT2D eigenvalue weighted by Gasteiger charge is -2.63. The molecule has 3 saturated carbocycles. The topological polar surface area (TPSA) is 136 Å². The van der Waals surface area contributed by atoms with Gasteiger partial charge < -0.3 is 30.6 Å². The third-order valence-electron chi connectivity index (χ3n) is 11.8. The molecule has 11 nitrogen and oxygen atoms in total. The van der Waals surface area contributed by atoms with Gasteiger partial charge in [0, 0.05) is 18.7 Å². The van der Waals surface area contributed by atoms with Gasteiger partial charge in [-0.2, -0.15) is 13.2 Å². The highest BCUT2D eigenvalue weighted by Gasteiger charge is 2.67. The summed E-state index contributed by atoms with van der Waals surface area (Å²) in [7, 11) is -0.716. The zero-order chi connectivity index (χ0) is 38.1. The van der Waals surface area contributed by atoms with Crippen LogP contribution in [0.3, 0.4) is 0 Å². The zero-order valence-electron chi connectivity index (χ0n) is 30.1. The van der Waals surface area contributed by atoms with E-state index in [9.17, 15) is 31.9 Å². The fourth-order valence-corrected chi connectivity index (χ4v) is 8.77. The fraction of sp³-hybridized carbons (Fsp3) is 0.514. The molecule has 5 aliphatic rings. The minimum atomic E-state index is -4.54. The Morgan fingerprint density at radius 3 is 2.55 bits per heavy atom. The van der Waals surface area contributed by atoms with Gasteiger partial charge in [0.05, 0.1) is 34.9 Å². The molecule has 3 amide bonds. The Morgan fingerprint density at radius 1 is 1.09 bits per heavy atom. The largest absolute Gasteiger partial charge is 0.481 e. The van der Waals surface area contributed by atoms with Gasteiger partial charge in [-0.05, 0) is 86.3 Å². The molecule has 53 heavy (non-hydrogen) atoms. The van der Waals surface area contributed by atoms with Crippen LogP contribution in [0.4, 0.5) is 33.7 Å². The first-order chi connectivity index (χ1) is 24.9. The number of halogens is 4. The standard InChI is InChI=1S/C37H43BF4N6O5/c1-6-28(38-52-29-25-14-22(34(25,2)3)16-36(29,5)53-38)46-30(49)27-17-35(4,47-33(51)45-24-12-8-11-23(39)15-24)32-44-19-26(31(50)48(27)32)43-18-20-9-7-10-21(13-20)37(40,41)42/h7-13,15,19,22,25,27-29,43H,6,14,16-18H2,1-5H3,(H,46,49)(H2,45,47,51)/t22?,25?,27-,28-,29+,35+,36-/m0/s1. The summed E-state index contributed by atoms with van der Waals surface area (Å²) in [5.41, 5.74) is -2.76. The lowest BCUT2D eigenvalue weighted by Crippen LogP contribution is -2.63. The maximum atomic E-state index is 14.3. The van der Waals surface area contributed by atoms with Crippen LogP contribution in [0.25, 0.3) is 0 Å². The van der Waals surface area contributed by atoms with Crippen molar-refractivity contribution in [3.8, 4) is 0 Å². The van der Waals surface area contributed by atoms with Crippen molar-refractivity contribution in [1.29, 1.82) is 0 Å². The van der Waals surface area contributed by atoms with E-state index >= 15 is 0 Å². The molecule has 16 heteroatoms. The van der Waals surface area contributed by atoms with Crippen molar-refractivity contribution in [2.24, 2.45) is 17.3 Å². The van der Waals surface area contributed by atoms with Gasteiger partial charge in [0.1, 0.15) is 23.4 Å². The first kappa shape index (κ1) is 36.9. The Hall–Kier alpha value is -4.44. The number of fused-ring (bicyclic) bond motifs is 1. The van der Waals surface area contributed by atoms with E-state index in [2.05, 4.69) is 47.0 Å². The van der Waals surface area contributed by atoms with Crippen LogP contribution in [0, 0.1) is 23.1 Å². The molecule has 1 saturated heterocycles. The molecule has 4 N–H and O–H groups in total. The lowest BCUT2D eigenvalue weighted by molar-refractivity contribution is -0.185. The number of benzene rings is 2. The van der Waals surface area contributed by atoms with Gasteiger partial charge >= 0.3 is 19.3 Å². The highest BCUT2D eigenvalue weighted by atomic mass is 19.4. The van der Waals surface area contributed by atoms with E-state index in [1.807, 2.05) is 6.92 Å². The number of amides is 3. The number of rotatable bonds is 9. The van der Waals surface area contributed by atoms with Crippen LogP contribution in [0.5, 0.6) is 0 Å². The molecule has 0 spiro atoms. The second-order valence-electron chi connectivity index (χ2n) is 15.8. The van der Waals surface area contributed by atoms with Crippen LogP contribution in [0.2, 0.25) is 0 Å². The SMILES string of the molecule is CC[C@H](NC(=O)[C@@H]1C[C@@](C)(NC(=O)Nc2cccc(F)c2)c2ncc(NCc3cccc(C(F)(F)F)c3)c(=O)n21)B1O[C@@H]2C3CC(C[C@]2(C)O1)C3(C)C. The van der Waals surface area contributed by atoms with Crippen LogP contribution < -0.4 is 26.8 Å². The number of carbonyl (C=O) groups is 2. The molecule has 282 valence electrons. The fourth-order valence-electron chi connectivity index (χ4n) is 8.77. The van der Waals surface area contributed by atoms with Crippen molar-refractivity contribution in [3.05, 3.63) is 87.9 Å². The van der Waals surface area contributed by atoms with Gasteiger partial charge in [-0.1, -0.05) is 39.0 Å². The predicted molar refractivity (Wildman–Crippen MR) is 189 cm³/mol. The molecule has 3 heterocycles. The average molecular weight is 739 g/mol. The Labute approximate surface area is 304 Å². The van der Waals surface area contributed by atoms with Gasteiger partial charge in [-0.15, -0.1) is 0 Å². The minimum Gasteiger partial charge on any atom is -0.404 e. The molecule has 8 rings (SSSR count). The number of anilines is 2. The van der Waals surface area contributed by atoms with Crippen molar-refractivity contribution in [3.63, 3.8) is 0 Å². The first-order valence-corrected chi connectivity index (χ1v) is 17.9. The number of hydrogen-bond acceptors (Lipinski definition) is 7. The number of nitrogens with zero attached hydrogens (tertiary/aromatic N) is 2. The molecule has 3 aliphatic carbocycles. The highest BCUT2D eigenvalue weighted by molar-refractivity contribution is 6.47.